The number of carbonyl (C=O) groups is 3. The summed E-state index contributed by atoms with van der Waals surface area (Å²) in [5.74, 6) is -1.94. The maximum atomic E-state index is 14.7. The van der Waals surface area contributed by atoms with Crippen LogP contribution in [0.5, 0.6) is 0 Å². The number of imide groups is 1. The smallest absolute Gasteiger partial charge is 0.239 e. The Morgan fingerprint density at radius 1 is 0.694 bits per heavy atom. The highest BCUT2D eigenvalue weighted by Gasteiger charge is 2.80. The van der Waals surface area contributed by atoms with E-state index in [0.717, 1.165) is 26.7 Å². The van der Waals surface area contributed by atoms with Gasteiger partial charge in [0.15, 0.2) is 5.78 Å². The molecule has 1 aliphatic heterocycles. The number of hydrogen-bond donors (Lipinski definition) is 0. The normalized spacial score (nSPS) is 28.9. The molecule has 1 heterocycles. The van der Waals surface area contributed by atoms with Crippen molar-refractivity contribution < 1.29 is 14.4 Å². The molecule has 3 aromatic rings. The molecule has 5 heteroatoms. The molecule has 4 atom stereocenters. The van der Waals surface area contributed by atoms with Crippen LogP contribution in [0.4, 0.5) is 5.69 Å². The summed E-state index contributed by atoms with van der Waals surface area (Å²) in [7, 11) is 0. The Morgan fingerprint density at radius 3 is 1.58 bits per heavy atom. The van der Waals surface area contributed by atoms with Gasteiger partial charge in [-0.1, -0.05) is 96.5 Å². The van der Waals surface area contributed by atoms with Crippen molar-refractivity contribution in [3.05, 3.63) is 101 Å². The van der Waals surface area contributed by atoms with E-state index >= 15 is 0 Å². The fourth-order valence-corrected chi connectivity index (χ4v) is 7.71. The second kappa shape index (κ2) is 8.10. The Morgan fingerprint density at radius 2 is 1.17 bits per heavy atom. The zero-order valence-electron chi connectivity index (χ0n) is 20.2. The molecule has 0 aromatic heterocycles. The lowest BCUT2D eigenvalue weighted by molar-refractivity contribution is -0.134. The van der Waals surface area contributed by atoms with Gasteiger partial charge in [0.05, 0.1) is 28.4 Å². The predicted octanol–water partition coefficient (Wildman–Crippen LogP) is 6.55. The van der Waals surface area contributed by atoms with E-state index in [1.807, 2.05) is 86.6 Å². The summed E-state index contributed by atoms with van der Waals surface area (Å²) in [6.07, 6.45) is 0.918. The van der Waals surface area contributed by atoms with Crippen molar-refractivity contribution in [3.8, 4) is 0 Å². The third kappa shape index (κ3) is 2.67. The average molecular weight is 540 g/mol. The van der Waals surface area contributed by atoms with Crippen LogP contribution in [0.2, 0.25) is 0 Å². The number of carbonyl (C=O) groups excluding carboxylic acids is 3. The number of anilines is 1. The number of Topliss-reactive ketones (excluding diaryl/α,β-unsaturated/α-hetero) is 1. The first-order valence-corrected chi connectivity index (χ1v) is 13.3. The molecular formula is C31H26BrNO3. The van der Waals surface area contributed by atoms with Crippen molar-refractivity contribution in [2.75, 3.05) is 4.90 Å². The highest BCUT2D eigenvalue weighted by molar-refractivity contribution is 9.10. The lowest BCUT2D eigenvalue weighted by Gasteiger charge is -2.38. The van der Waals surface area contributed by atoms with Crippen LogP contribution in [0.1, 0.15) is 37.8 Å². The highest BCUT2D eigenvalue weighted by atomic mass is 79.9. The molecule has 2 fully saturated rings. The second-order valence-electron chi connectivity index (χ2n) is 9.91. The lowest BCUT2D eigenvalue weighted by atomic mass is 9.60. The van der Waals surface area contributed by atoms with Crippen molar-refractivity contribution >= 4 is 50.4 Å². The maximum Gasteiger partial charge on any atom is 0.239 e. The molecule has 3 aliphatic rings. The van der Waals surface area contributed by atoms with Crippen molar-refractivity contribution in [2.45, 2.75) is 26.7 Å². The van der Waals surface area contributed by atoms with Gasteiger partial charge in [0, 0.05) is 4.47 Å². The van der Waals surface area contributed by atoms with Gasteiger partial charge in [-0.15, -0.1) is 0 Å². The second-order valence-corrected chi connectivity index (χ2v) is 10.8. The van der Waals surface area contributed by atoms with E-state index in [4.69, 9.17) is 0 Å². The fraction of sp³-hybridized carbons (Fsp3) is 0.258. The number of nitrogens with zero attached hydrogens (tertiary/aromatic N) is 1. The quantitative estimate of drug-likeness (QED) is 0.345. The van der Waals surface area contributed by atoms with Gasteiger partial charge in [-0.25, -0.2) is 4.90 Å². The molecule has 36 heavy (non-hydrogen) atoms. The number of halogens is 1. The molecule has 2 aliphatic carbocycles. The van der Waals surface area contributed by atoms with Crippen molar-refractivity contribution in [1.82, 2.24) is 0 Å². The highest BCUT2D eigenvalue weighted by Crippen LogP contribution is 2.75. The molecule has 2 bridgehead atoms. The van der Waals surface area contributed by atoms with Crippen molar-refractivity contribution in [2.24, 2.45) is 22.7 Å². The number of fused-ring (bicyclic) bond motifs is 5. The van der Waals surface area contributed by atoms with E-state index in [1.165, 1.54) is 4.90 Å². The van der Waals surface area contributed by atoms with Gasteiger partial charge in [0.25, 0.3) is 0 Å². The van der Waals surface area contributed by atoms with Gasteiger partial charge in [-0.05, 0) is 53.3 Å². The molecule has 2 amide bonds. The third-order valence-corrected chi connectivity index (χ3v) is 9.12. The SMILES string of the molecule is CC[C@]12C(=O)[C@](CC)(C(c3ccccc3)=C1c1ccccc1)[C@@H]1C(=O)N(c3cccc(Br)c3)C(=O)[C@H]12. The average Bonchev–Trinajstić information content (AvgIpc) is 3.40. The van der Waals surface area contributed by atoms with E-state index in [9.17, 15) is 14.4 Å². The lowest BCUT2D eigenvalue weighted by Crippen LogP contribution is -2.41. The molecule has 180 valence electrons. The minimum absolute atomic E-state index is 0.0308. The molecule has 6 rings (SSSR count). The van der Waals surface area contributed by atoms with Crippen LogP contribution >= 0.6 is 15.9 Å². The van der Waals surface area contributed by atoms with E-state index in [-0.39, 0.29) is 17.6 Å². The van der Waals surface area contributed by atoms with E-state index in [2.05, 4.69) is 15.9 Å². The van der Waals surface area contributed by atoms with Gasteiger partial charge in [0.2, 0.25) is 11.8 Å². The molecule has 3 aromatic carbocycles. The standard InChI is InChI=1S/C31H26BrNO3/c1-3-30-23(19-12-7-5-8-13-19)24(20-14-9-6-10-15-20)31(4-2,29(30)36)26-25(30)27(34)33(28(26)35)22-17-11-16-21(32)18-22/h5-18,25-26H,3-4H2,1-2H3/t25-,26-,30-,31+/m0/s1. The Kier molecular flexibility index (Phi) is 5.20. The summed E-state index contributed by atoms with van der Waals surface area (Å²) in [6.45, 7) is 3.97. The van der Waals surface area contributed by atoms with Gasteiger partial charge in [0.1, 0.15) is 0 Å². The van der Waals surface area contributed by atoms with E-state index in [1.54, 1.807) is 12.1 Å². The molecule has 1 saturated carbocycles. The van der Waals surface area contributed by atoms with Crippen LogP contribution < -0.4 is 4.90 Å². The topological polar surface area (TPSA) is 54.5 Å². The Bertz CT molecular complexity index is 1360. The van der Waals surface area contributed by atoms with Gasteiger partial charge >= 0.3 is 0 Å². The van der Waals surface area contributed by atoms with Crippen LogP contribution in [0, 0.1) is 22.7 Å². The Balaban J connectivity index is 1.68. The monoisotopic (exact) mass is 539 g/mol. The fourth-order valence-electron chi connectivity index (χ4n) is 7.32. The summed E-state index contributed by atoms with van der Waals surface area (Å²) in [6, 6.07) is 27.1. The van der Waals surface area contributed by atoms with Crippen LogP contribution in [0.3, 0.4) is 0 Å². The predicted molar refractivity (Wildman–Crippen MR) is 144 cm³/mol. The summed E-state index contributed by atoms with van der Waals surface area (Å²) < 4.78 is 0.792. The van der Waals surface area contributed by atoms with E-state index in [0.29, 0.717) is 18.5 Å². The minimum Gasteiger partial charge on any atom is -0.298 e. The summed E-state index contributed by atoms with van der Waals surface area (Å²) >= 11 is 3.47. The van der Waals surface area contributed by atoms with E-state index < -0.39 is 22.7 Å². The number of allylic oxidation sites excluding steroid dienone is 2. The van der Waals surface area contributed by atoms with Crippen LogP contribution in [-0.2, 0) is 14.4 Å². The molecule has 0 N–H and O–H groups in total. The summed E-state index contributed by atoms with van der Waals surface area (Å²) in [5, 5.41) is 0. The maximum absolute atomic E-state index is 14.7. The zero-order chi connectivity index (χ0) is 25.2. The molecule has 0 spiro atoms. The van der Waals surface area contributed by atoms with Gasteiger partial charge in [-0.3, -0.25) is 14.4 Å². The largest absolute Gasteiger partial charge is 0.298 e. The van der Waals surface area contributed by atoms with Gasteiger partial charge < -0.3 is 0 Å². The number of amides is 2. The molecule has 0 unspecified atom stereocenters. The zero-order valence-corrected chi connectivity index (χ0v) is 21.8. The Labute approximate surface area is 219 Å². The van der Waals surface area contributed by atoms with Crippen LogP contribution in [-0.4, -0.2) is 17.6 Å². The molecule has 1 saturated heterocycles. The minimum atomic E-state index is -1.05. The molecule has 4 nitrogen and oxygen atoms in total. The number of rotatable bonds is 5. The van der Waals surface area contributed by atoms with Crippen molar-refractivity contribution in [1.29, 1.82) is 0 Å². The molecular weight excluding hydrogens is 514 g/mol. The first kappa shape index (κ1) is 23.1. The third-order valence-electron chi connectivity index (χ3n) is 8.63. The first-order chi connectivity index (χ1) is 17.4. The van der Waals surface area contributed by atoms with Gasteiger partial charge in [-0.2, -0.15) is 0 Å². The molecule has 0 radical (unpaired) electrons. The number of hydrogen-bond acceptors (Lipinski definition) is 3. The van der Waals surface area contributed by atoms with Crippen LogP contribution in [0.25, 0.3) is 11.1 Å². The summed E-state index contributed by atoms with van der Waals surface area (Å²) in [5.41, 5.74) is 2.16. The Hall–Kier alpha value is -3.31. The first-order valence-electron chi connectivity index (χ1n) is 12.5. The number of benzene rings is 3. The van der Waals surface area contributed by atoms with Crippen LogP contribution in [0.15, 0.2) is 89.4 Å². The van der Waals surface area contributed by atoms with Crippen molar-refractivity contribution in [3.63, 3.8) is 0 Å². The number of ketones is 1. The summed E-state index contributed by atoms with van der Waals surface area (Å²) in [4.78, 5) is 44.4.